The van der Waals surface area contributed by atoms with Gasteiger partial charge in [0.1, 0.15) is 5.69 Å². The van der Waals surface area contributed by atoms with E-state index in [9.17, 15) is 27.9 Å². The number of likely N-dealkylation sites (N-methyl/N-ethyl adjacent to an activating group) is 2. The maximum atomic E-state index is 13.1. The molecule has 0 aliphatic heterocycles. The number of aliphatic hydroxyl groups excluding tert-OH is 1. The van der Waals surface area contributed by atoms with Crippen molar-refractivity contribution < 1.29 is 27.9 Å². The fraction of sp³-hybridized carbons (Fsp3) is 0.344. The van der Waals surface area contributed by atoms with Crippen LogP contribution in [0.1, 0.15) is 40.1 Å². The Bertz CT molecular complexity index is 1670. The average Bonchev–Trinajstić information content (AvgIpc) is 3.68. The van der Waals surface area contributed by atoms with E-state index in [4.69, 9.17) is 11.6 Å². The summed E-state index contributed by atoms with van der Waals surface area (Å²) in [6.45, 7) is 2.76. The van der Waals surface area contributed by atoms with Gasteiger partial charge in [0.05, 0.1) is 36.0 Å². The molecule has 0 aliphatic rings. The summed E-state index contributed by atoms with van der Waals surface area (Å²) < 4.78 is 38.9. The third-order valence-corrected chi connectivity index (χ3v) is 7.95. The second kappa shape index (κ2) is 14.4. The number of nitrogens with one attached hydrogen (secondary N) is 3. The maximum Gasteiger partial charge on any atom is 0.416 e. The molecule has 0 fully saturated rings. The Labute approximate surface area is 270 Å². The highest BCUT2D eigenvalue weighted by molar-refractivity contribution is 6.31. The van der Waals surface area contributed by atoms with Gasteiger partial charge in [0.25, 0.3) is 5.91 Å². The number of aliphatic hydroxyl groups is 1. The summed E-state index contributed by atoms with van der Waals surface area (Å²) in [6.07, 6.45) is -2.86. The number of H-pyrrole nitrogens is 2. The Kier molecular flexibility index (Phi) is 10.8. The van der Waals surface area contributed by atoms with Crippen LogP contribution < -0.4 is 10.2 Å². The molecule has 2 aromatic carbocycles. The fourth-order valence-electron chi connectivity index (χ4n) is 4.89. The molecule has 0 saturated carbocycles. The number of benzene rings is 2. The van der Waals surface area contributed by atoms with Crippen LogP contribution in [0, 0.1) is 0 Å². The van der Waals surface area contributed by atoms with Crippen molar-refractivity contribution in [3.63, 3.8) is 0 Å². The van der Waals surface area contributed by atoms with Crippen LogP contribution in [0.3, 0.4) is 0 Å². The quantitative estimate of drug-likeness (QED) is 0.166. The number of hydrogen-bond acceptors (Lipinski definition) is 6. The van der Waals surface area contributed by atoms with Crippen molar-refractivity contribution in [1.29, 1.82) is 0 Å². The lowest BCUT2D eigenvalue weighted by Gasteiger charge is -2.21. The molecule has 0 spiro atoms. The van der Waals surface area contributed by atoms with E-state index in [2.05, 4.69) is 20.5 Å². The molecule has 0 aliphatic carbocycles. The normalized spacial score (nSPS) is 12.3. The Morgan fingerprint density at radius 1 is 1.04 bits per heavy atom. The zero-order valence-electron chi connectivity index (χ0n) is 26.2. The zero-order chi connectivity index (χ0) is 33.8. The van der Waals surface area contributed by atoms with Gasteiger partial charge in [-0.3, -0.25) is 19.6 Å². The molecule has 246 valence electrons. The van der Waals surface area contributed by atoms with Crippen LogP contribution >= 0.6 is 11.6 Å². The van der Waals surface area contributed by atoms with Crippen molar-refractivity contribution in [2.75, 3.05) is 52.8 Å². The number of carbonyl (C=O) groups is 2. The highest BCUT2D eigenvalue weighted by Crippen LogP contribution is 2.39. The molecule has 2 heterocycles. The first-order valence-electron chi connectivity index (χ1n) is 14.5. The van der Waals surface area contributed by atoms with Crippen molar-refractivity contribution in [2.45, 2.75) is 25.7 Å². The molecule has 4 rings (SSSR count). The van der Waals surface area contributed by atoms with E-state index in [1.54, 1.807) is 24.2 Å². The van der Waals surface area contributed by atoms with E-state index in [-0.39, 0.29) is 18.1 Å². The number of aromatic nitrogens is 3. The van der Waals surface area contributed by atoms with Crippen LogP contribution in [-0.2, 0) is 17.5 Å². The molecule has 4 aromatic rings. The van der Waals surface area contributed by atoms with Gasteiger partial charge in [0.15, 0.2) is 5.82 Å². The van der Waals surface area contributed by atoms with E-state index in [1.807, 2.05) is 56.1 Å². The third kappa shape index (κ3) is 7.90. The summed E-state index contributed by atoms with van der Waals surface area (Å²) in [5.74, 6) is 0.0978. The van der Waals surface area contributed by atoms with Crippen molar-refractivity contribution in [3.8, 4) is 22.4 Å². The molecule has 1 atom stereocenters. The number of carbonyl (C=O) groups excluding carboxylic acids is 2. The molecule has 14 heteroatoms. The number of halogens is 4. The maximum absolute atomic E-state index is 13.1. The molecule has 2 aromatic heterocycles. The number of anilines is 1. The summed E-state index contributed by atoms with van der Waals surface area (Å²) in [6, 6.07) is 10.6. The molecule has 0 radical (unpaired) electrons. The SMILES string of the molecule is CCN(C)C(=O)CN(C)Cc1ccc(-c2c(N(C)C)n[nH]c2-c2c[nH]c(C(=O)N[C@H](CO)c3ccc(C(F)(F)F)cc3)c2)cc1Cl. The highest BCUT2D eigenvalue weighted by Gasteiger charge is 2.30. The highest BCUT2D eigenvalue weighted by atomic mass is 35.5. The predicted molar refractivity (Wildman–Crippen MR) is 172 cm³/mol. The largest absolute Gasteiger partial charge is 0.416 e. The van der Waals surface area contributed by atoms with Crippen LogP contribution in [0.15, 0.2) is 54.7 Å². The molecular weight excluding hydrogens is 623 g/mol. The van der Waals surface area contributed by atoms with Crippen LogP contribution in [-0.4, -0.2) is 89.8 Å². The molecule has 4 N–H and O–H groups in total. The lowest BCUT2D eigenvalue weighted by Crippen LogP contribution is -2.36. The van der Waals surface area contributed by atoms with E-state index >= 15 is 0 Å². The van der Waals surface area contributed by atoms with Gasteiger partial charge in [0.2, 0.25) is 5.91 Å². The minimum absolute atomic E-state index is 0.0161. The number of aromatic amines is 2. The summed E-state index contributed by atoms with van der Waals surface area (Å²) in [7, 11) is 7.32. The number of hydrogen-bond donors (Lipinski definition) is 4. The minimum Gasteiger partial charge on any atom is -0.394 e. The summed E-state index contributed by atoms with van der Waals surface area (Å²) in [5, 5.41) is 20.6. The van der Waals surface area contributed by atoms with Gasteiger partial charge in [-0.1, -0.05) is 35.9 Å². The minimum atomic E-state index is -4.49. The molecule has 0 bridgehead atoms. The first kappa shape index (κ1) is 34.5. The standard InChI is InChI=1S/C32H37ClF3N7O3/c1-6-43(5)27(45)17-42(4)16-21-8-7-20(13-24(21)33)28-29(39-40-30(28)41(2)3)22-14-25(37-15-22)31(46)38-26(18-44)19-9-11-23(12-10-19)32(34,35)36/h7-15,26,37,44H,6,16-18H2,1-5H3,(H,38,46)(H,39,40)/t26-/m1/s1. The van der Waals surface area contributed by atoms with E-state index in [0.29, 0.717) is 40.8 Å². The average molecular weight is 660 g/mol. The van der Waals surface area contributed by atoms with E-state index < -0.39 is 30.3 Å². The molecule has 10 nitrogen and oxygen atoms in total. The first-order valence-corrected chi connectivity index (χ1v) is 14.9. The third-order valence-electron chi connectivity index (χ3n) is 7.60. The molecule has 46 heavy (non-hydrogen) atoms. The molecule has 0 saturated heterocycles. The van der Waals surface area contributed by atoms with Crippen molar-refractivity contribution >= 4 is 29.2 Å². The van der Waals surface area contributed by atoms with Crippen LogP contribution in [0.5, 0.6) is 0 Å². The van der Waals surface area contributed by atoms with E-state index in [0.717, 1.165) is 28.8 Å². The topological polar surface area (TPSA) is 121 Å². The number of amides is 2. The van der Waals surface area contributed by atoms with Gasteiger partial charge in [-0.15, -0.1) is 0 Å². The summed E-state index contributed by atoms with van der Waals surface area (Å²) in [4.78, 5) is 33.8. The van der Waals surface area contributed by atoms with Crippen molar-refractivity contribution in [2.24, 2.45) is 0 Å². The summed E-state index contributed by atoms with van der Waals surface area (Å²) >= 11 is 6.73. The monoisotopic (exact) mass is 659 g/mol. The zero-order valence-corrected chi connectivity index (χ0v) is 26.9. The predicted octanol–water partition coefficient (Wildman–Crippen LogP) is 5.18. The lowest BCUT2D eigenvalue weighted by atomic mass is 10.00. The molecule has 2 amide bonds. The van der Waals surface area contributed by atoms with Gasteiger partial charge in [-0.25, -0.2) is 0 Å². The van der Waals surface area contributed by atoms with Crippen molar-refractivity contribution in [3.05, 3.63) is 82.1 Å². The van der Waals surface area contributed by atoms with Gasteiger partial charge in [0, 0.05) is 51.0 Å². The lowest BCUT2D eigenvalue weighted by molar-refractivity contribution is -0.137. The van der Waals surface area contributed by atoms with Gasteiger partial charge in [-0.2, -0.15) is 18.3 Å². The fourth-order valence-corrected chi connectivity index (χ4v) is 5.13. The molecule has 0 unspecified atom stereocenters. The number of nitrogens with zero attached hydrogens (tertiary/aromatic N) is 4. The Morgan fingerprint density at radius 3 is 2.33 bits per heavy atom. The van der Waals surface area contributed by atoms with Crippen LogP contribution in [0.25, 0.3) is 22.4 Å². The Morgan fingerprint density at radius 2 is 1.74 bits per heavy atom. The van der Waals surface area contributed by atoms with Crippen molar-refractivity contribution in [1.82, 2.24) is 30.3 Å². The Balaban J connectivity index is 1.56. The second-order valence-corrected chi connectivity index (χ2v) is 11.6. The first-order chi connectivity index (χ1) is 21.7. The smallest absolute Gasteiger partial charge is 0.394 e. The second-order valence-electron chi connectivity index (χ2n) is 11.2. The van der Waals surface area contributed by atoms with Crippen LogP contribution in [0.4, 0.5) is 19.0 Å². The number of rotatable bonds is 12. The Hall–Kier alpha value is -4.33. The van der Waals surface area contributed by atoms with Gasteiger partial charge >= 0.3 is 6.18 Å². The molecular formula is C32H37ClF3N7O3. The van der Waals surface area contributed by atoms with Crippen LogP contribution in [0.2, 0.25) is 5.02 Å². The van der Waals surface area contributed by atoms with Gasteiger partial charge in [-0.05, 0) is 54.9 Å². The van der Waals surface area contributed by atoms with Gasteiger partial charge < -0.3 is 25.2 Å². The number of alkyl halides is 3. The summed E-state index contributed by atoms with van der Waals surface area (Å²) in [5.41, 5.74) is 3.29. The van der Waals surface area contributed by atoms with E-state index in [1.165, 1.54) is 12.1 Å².